The van der Waals surface area contributed by atoms with Gasteiger partial charge in [0.05, 0.1) is 0 Å². The summed E-state index contributed by atoms with van der Waals surface area (Å²) in [6.45, 7) is 4.46. The van der Waals surface area contributed by atoms with Crippen molar-refractivity contribution in [1.29, 1.82) is 0 Å². The minimum absolute atomic E-state index is 0.268. The highest BCUT2D eigenvalue weighted by Crippen LogP contribution is 2.16. The van der Waals surface area contributed by atoms with Crippen LogP contribution in [0.4, 0.5) is 0 Å². The Balaban J connectivity index is 3.34. The van der Waals surface area contributed by atoms with Crippen molar-refractivity contribution in [2.75, 3.05) is 7.05 Å². The Hall–Kier alpha value is -0.0800. The van der Waals surface area contributed by atoms with Gasteiger partial charge in [-0.3, -0.25) is 0 Å². The van der Waals surface area contributed by atoms with E-state index in [1.165, 1.54) is 75.7 Å². The SMILES string of the molecule is CCCCCCCCCCCC(CCCC)N(C)[O-]. The molecule has 0 aliphatic carbocycles. The molecule has 0 rings (SSSR count). The summed E-state index contributed by atoms with van der Waals surface area (Å²) in [4.78, 5) is 0. The van der Waals surface area contributed by atoms with Gasteiger partial charge in [-0.1, -0.05) is 84.5 Å². The Morgan fingerprint density at radius 3 is 1.58 bits per heavy atom. The zero-order valence-electron chi connectivity index (χ0n) is 13.6. The first-order chi connectivity index (χ1) is 9.22. The van der Waals surface area contributed by atoms with E-state index in [1.807, 2.05) is 0 Å². The van der Waals surface area contributed by atoms with Crippen LogP contribution in [0.2, 0.25) is 0 Å². The second kappa shape index (κ2) is 14.3. The van der Waals surface area contributed by atoms with Crippen molar-refractivity contribution in [2.45, 2.75) is 103 Å². The zero-order chi connectivity index (χ0) is 14.3. The molecule has 0 amide bonds. The van der Waals surface area contributed by atoms with Crippen LogP contribution in [-0.4, -0.2) is 18.2 Å². The lowest BCUT2D eigenvalue weighted by atomic mass is 10.0. The maximum Gasteiger partial charge on any atom is -0.00282 e. The lowest BCUT2D eigenvalue weighted by Gasteiger charge is -2.33. The molecule has 0 aromatic rings. The normalized spacial score (nSPS) is 13.1. The van der Waals surface area contributed by atoms with Crippen LogP contribution in [0.1, 0.15) is 97.3 Å². The maximum atomic E-state index is 11.4. The summed E-state index contributed by atoms with van der Waals surface area (Å²) in [5.74, 6) is 0. The van der Waals surface area contributed by atoms with E-state index >= 15 is 0 Å². The molecule has 116 valence electrons. The molecule has 0 aromatic heterocycles. The molecule has 0 aromatic carbocycles. The lowest BCUT2D eigenvalue weighted by Crippen LogP contribution is -2.26. The number of hydrogen-bond donors (Lipinski definition) is 0. The minimum atomic E-state index is 0.268. The van der Waals surface area contributed by atoms with E-state index in [4.69, 9.17) is 0 Å². The van der Waals surface area contributed by atoms with Crippen molar-refractivity contribution in [2.24, 2.45) is 0 Å². The monoisotopic (exact) mass is 270 g/mol. The van der Waals surface area contributed by atoms with Gasteiger partial charge in [0, 0.05) is 0 Å². The molecule has 0 saturated carbocycles. The second-order valence-electron chi connectivity index (χ2n) is 5.96. The van der Waals surface area contributed by atoms with Gasteiger partial charge in [-0.15, -0.1) is 0 Å². The van der Waals surface area contributed by atoms with Crippen LogP contribution in [0, 0.1) is 5.21 Å². The Morgan fingerprint density at radius 1 is 0.684 bits per heavy atom. The minimum Gasteiger partial charge on any atom is -0.785 e. The van der Waals surface area contributed by atoms with Crippen molar-refractivity contribution in [3.05, 3.63) is 5.21 Å². The first-order valence-corrected chi connectivity index (χ1v) is 8.62. The topological polar surface area (TPSA) is 26.3 Å². The molecule has 0 aliphatic heterocycles. The van der Waals surface area contributed by atoms with Crippen molar-refractivity contribution in [3.63, 3.8) is 0 Å². The number of unbranched alkanes of at least 4 members (excludes halogenated alkanes) is 9. The average molecular weight is 270 g/mol. The fourth-order valence-corrected chi connectivity index (χ4v) is 2.64. The van der Waals surface area contributed by atoms with E-state index in [9.17, 15) is 5.21 Å². The predicted molar refractivity (Wildman–Crippen MR) is 86.3 cm³/mol. The summed E-state index contributed by atoms with van der Waals surface area (Å²) < 4.78 is 0. The highest BCUT2D eigenvalue weighted by atomic mass is 16.5. The van der Waals surface area contributed by atoms with Gasteiger partial charge in [-0.2, -0.15) is 0 Å². The molecule has 0 aliphatic rings. The van der Waals surface area contributed by atoms with E-state index < -0.39 is 0 Å². The molecule has 0 fully saturated rings. The number of nitrogens with zero attached hydrogens (tertiary/aromatic N) is 1. The quantitative estimate of drug-likeness (QED) is 0.290. The summed E-state index contributed by atoms with van der Waals surface area (Å²) in [7, 11) is 1.69. The highest BCUT2D eigenvalue weighted by molar-refractivity contribution is 4.69. The first kappa shape index (κ1) is 18.9. The molecule has 0 N–H and O–H groups in total. The van der Waals surface area contributed by atoms with Crippen molar-refractivity contribution < 1.29 is 0 Å². The van der Waals surface area contributed by atoms with E-state index in [1.54, 1.807) is 7.05 Å². The molecule has 19 heavy (non-hydrogen) atoms. The molecule has 1 unspecified atom stereocenters. The van der Waals surface area contributed by atoms with Crippen LogP contribution >= 0.6 is 0 Å². The predicted octanol–water partition coefficient (Wildman–Crippen LogP) is 5.90. The number of rotatable bonds is 14. The molecule has 2 nitrogen and oxygen atoms in total. The van der Waals surface area contributed by atoms with Crippen LogP contribution in [0.15, 0.2) is 0 Å². The van der Waals surface area contributed by atoms with E-state index in [0.29, 0.717) is 0 Å². The van der Waals surface area contributed by atoms with Gasteiger partial charge in [-0.25, -0.2) is 0 Å². The van der Waals surface area contributed by atoms with E-state index in [0.717, 1.165) is 12.8 Å². The molecule has 1 atom stereocenters. The van der Waals surface area contributed by atoms with Crippen LogP contribution < -0.4 is 0 Å². The molecule has 0 heterocycles. The van der Waals surface area contributed by atoms with E-state index in [2.05, 4.69) is 13.8 Å². The molecular weight excluding hydrogens is 234 g/mol. The summed E-state index contributed by atoms with van der Waals surface area (Å²) in [5.41, 5.74) is 0. The molecule has 0 spiro atoms. The molecular formula is C17H36NO-. The highest BCUT2D eigenvalue weighted by Gasteiger charge is 2.06. The zero-order valence-corrected chi connectivity index (χ0v) is 13.6. The molecule has 2 heteroatoms. The van der Waals surface area contributed by atoms with Gasteiger partial charge < -0.3 is 10.3 Å². The van der Waals surface area contributed by atoms with Crippen LogP contribution in [0.25, 0.3) is 0 Å². The van der Waals surface area contributed by atoms with Gasteiger partial charge in [0.1, 0.15) is 0 Å². The van der Waals surface area contributed by atoms with Gasteiger partial charge in [0.2, 0.25) is 0 Å². The van der Waals surface area contributed by atoms with Gasteiger partial charge in [0.15, 0.2) is 0 Å². The fraction of sp³-hybridized carbons (Fsp3) is 1.00. The molecule has 0 radical (unpaired) electrons. The lowest BCUT2D eigenvalue weighted by molar-refractivity contribution is 0.282. The third kappa shape index (κ3) is 12.7. The maximum absolute atomic E-state index is 11.4. The van der Waals surface area contributed by atoms with Crippen LogP contribution in [0.3, 0.4) is 0 Å². The standard InChI is InChI=1S/C17H36NO/c1-4-6-8-9-10-11-12-13-14-16-17(18(3)19)15-7-5-2/h17H,4-16H2,1-3H3/q-1. The third-order valence-electron chi connectivity index (χ3n) is 4.05. The van der Waals surface area contributed by atoms with E-state index in [-0.39, 0.29) is 6.04 Å². The third-order valence-corrected chi connectivity index (χ3v) is 4.05. The van der Waals surface area contributed by atoms with Crippen molar-refractivity contribution in [1.82, 2.24) is 5.06 Å². The molecule has 0 saturated heterocycles. The Bertz CT molecular complexity index is 171. The van der Waals surface area contributed by atoms with Crippen molar-refractivity contribution >= 4 is 0 Å². The summed E-state index contributed by atoms with van der Waals surface area (Å²) in [5, 5.41) is 12.6. The Kier molecular flexibility index (Phi) is 14.3. The number of hydrogen-bond acceptors (Lipinski definition) is 2. The Labute approximate surface area is 121 Å². The smallest absolute Gasteiger partial charge is 0.00282 e. The fourth-order valence-electron chi connectivity index (χ4n) is 2.64. The van der Waals surface area contributed by atoms with Crippen molar-refractivity contribution in [3.8, 4) is 0 Å². The summed E-state index contributed by atoms with van der Waals surface area (Å²) >= 11 is 0. The van der Waals surface area contributed by atoms with Crippen LogP contribution in [-0.2, 0) is 0 Å². The second-order valence-corrected chi connectivity index (χ2v) is 5.96. The van der Waals surface area contributed by atoms with Gasteiger partial charge in [-0.05, 0) is 25.9 Å². The molecule has 0 bridgehead atoms. The van der Waals surface area contributed by atoms with Crippen LogP contribution in [0.5, 0.6) is 0 Å². The van der Waals surface area contributed by atoms with Gasteiger partial charge >= 0.3 is 0 Å². The first-order valence-electron chi connectivity index (χ1n) is 8.62. The summed E-state index contributed by atoms with van der Waals surface area (Å²) in [6, 6.07) is 0.268. The Morgan fingerprint density at radius 2 is 1.11 bits per heavy atom. The summed E-state index contributed by atoms with van der Waals surface area (Å²) in [6.07, 6.45) is 16.8. The largest absolute Gasteiger partial charge is 0.785 e. The number of hydroxylamine groups is 2. The average Bonchev–Trinajstić information content (AvgIpc) is 2.39. The van der Waals surface area contributed by atoms with Gasteiger partial charge in [0.25, 0.3) is 0 Å².